The summed E-state index contributed by atoms with van der Waals surface area (Å²) in [5.41, 5.74) is -0.634. The predicted octanol–water partition coefficient (Wildman–Crippen LogP) is 2.80. The smallest absolute Gasteiger partial charge is 0.323 e. The maximum Gasteiger partial charge on any atom is 0.323 e. The van der Waals surface area contributed by atoms with Crippen molar-refractivity contribution < 1.29 is 9.90 Å². The molecule has 0 radical (unpaired) electrons. The first kappa shape index (κ1) is 13.5. The fraction of sp³-hybridized carbons (Fsp3) is 0.923. The summed E-state index contributed by atoms with van der Waals surface area (Å²) >= 11 is 0. The van der Waals surface area contributed by atoms with Crippen molar-refractivity contribution in [3.05, 3.63) is 0 Å². The number of unbranched alkanes of at least 4 members (excludes halogenated alkanes) is 2. The minimum atomic E-state index is -0.657. The summed E-state index contributed by atoms with van der Waals surface area (Å²) < 4.78 is 0. The highest BCUT2D eigenvalue weighted by Gasteiger charge is 2.41. The van der Waals surface area contributed by atoms with Crippen molar-refractivity contribution >= 4 is 5.97 Å². The van der Waals surface area contributed by atoms with Crippen molar-refractivity contribution in [2.75, 3.05) is 6.54 Å². The fourth-order valence-corrected chi connectivity index (χ4v) is 2.68. The van der Waals surface area contributed by atoms with Gasteiger partial charge in [-0.05, 0) is 31.7 Å². The van der Waals surface area contributed by atoms with Crippen molar-refractivity contribution in [3.8, 4) is 0 Å². The van der Waals surface area contributed by atoms with Crippen LogP contribution in [0.1, 0.15) is 58.8 Å². The third-order valence-electron chi connectivity index (χ3n) is 3.65. The molecule has 3 heteroatoms. The van der Waals surface area contributed by atoms with Gasteiger partial charge in [0.1, 0.15) is 5.54 Å². The first-order chi connectivity index (χ1) is 7.60. The van der Waals surface area contributed by atoms with Crippen LogP contribution in [0.15, 0.2) is 0 Å². The van der Waals surface area contributed by atoms with Gasteiger partial charge in [-0.3, -0.25) is 4.79 Å². The second-order valence-corrected chi connectivity index (χ2v) is 5.22. The van der Waals surface area contributed by atoms with Gasteiger partial charge < -0.3 is 10.4 Å². The molecular formula is C13H25NO2. The number of hydrogen-bond donors (Lipinski definition) is 2. The van der Waals surface area contributed by atoms with Gasteiger partial charge in [0.2, 0.25) is 0 Å². The van der Waals surface area contributed by atoms with E-state index in [0.29, 0.717) is 5.92 Å². The standard InChI is InChI=1S/C13H25NO2/c1-3-4-5-9-14-13(12(15)16)8-6-7-11(2)10-13/h11,14H,3-10H2,1-2H3,(H,15,16). The Labute approximate surface area is 98.6 Å². The van der Waals surface area contributed by atoms with Gasteiger partial charge in [0.05, 0.1) is 0 Å². The molecule has 1 rings (SSSR count). The van der Waals surface area contributed by atoms with Crippen LogP contribution < -0.4 is 5.32 Å². The summed E-state index contributed by atoms with van der Waals surface area (Å²) in [7, 11) is 0. The molecular weight excluding hydrogens is 202 g/mol. The van der Waals surface area contributed by atoms with Gasteiger partial charge in [0.25, 0.3) is 0 Å². The van der Waals surface area contributed by atoms with E-state index in [2.05, 4.69) is 19.2 Å². The van der Waals surface area contributed by atoms with Crippen LogP contribution >= 0.6 is 0 Å². The van der Waals surface area contributed by atoms with Crippen LogP contribution in [0.25, 0.3) is 0 Å². The lowest BCUT2D eigenvalue weighted by molar-refractivity contribution is -0.147. The maximum atomic E-state index is 11.4. The van der Waals surface area contributed by atoms with Gasteiger partial charge in [-0.1, -0.05) is 39.5 Å². The van der Waals surface area contributed by atoms with Gasteiger partial charge in [0.15, 0.2) is 0 Å². The molecule has 1 aliphatic carbocycles. The Hall–Kier alpha value is -0.570. The minimum absolute atomic E-state index is 0.531. The summed E-state index contributed by atoms with van der Waals surface area (Å²) in [6, 6.07) is 0. The molecule has 0 saturated heterocycles. The molecule has 0 aromatic carbocycles. The zero-order valence-corrected chi connectivity index (χ0v) is 10.6. The lowest BCUT2D eigenvalue weighted by Crippen LogP contribution is -2.54. The summed E-state index contributed by atoms with van der Waals surface area (Å²) in [4.78, 5) is 11.4. The molecule has 1 aliphatic rings. The van der Waals surface area contributed by atoms with Crippen molar-refractivity contribution in [2.45, 2.75) is 64.3 Å². The average Bonchev–Trinajstić information content (AvgIpc) is 2.24. The average molecular weight is 227 g/mol. The number of nitrogens with one attached hydrogen (secondary N) is 1. The van der Waals surface area contributed by atoms with E-state index < -0.39 is 11.5 Å². The highest BCUT2D eigenvalue weighted by atomic mass is 16.4. The van der Waals surface area contributed by atoms with Crippen LogP contribution in [0.4, 0.5) is 0 Å². The fourth-order valence-electron chi connectivity index (χ4n) is 2.68. The Morgan fingerprint density at radius 3 is 2.81 bits per heavy atom. The largest absolute Gasteiger partial charge is 0.480 e. The van der Waals surface area contributed by atoms with E-state index in [4.69, 9.17) is 0 Å². The molecule has 0 bridgehead atoms. The predicted molar refractivity (Wildman–Crippen MR) is 65.5 cm³/mol. The summed E-state index contributed by atoms with van der Waals surface area (Å²) in [6.07, 6.45) is 7.23. The maximum absolute atomic E-state index is 11.4. The van der Waals surface area contributed by atoms with E-state index in [0.717, 1.165) is 32.2 Å². The topological polar surface area (TPSA) is 49.3 Å². The summed E-state index contributed by atoms with van der Waals surface area (Å²) in [5, 5.41) is 12.7. The first-order valence-corrected chi connectivity index (χ1v) is 6.59. The second-order valence-electron chi connectivity index (χ2n) is 5.22. The van der Waals surface area contributed by atoms with Gasteiger partial charge >= 0.3 is 5.97 Å². The molecule has 16 heavy (non-hydrogen) atoms. The van der Waals surface area contributed by atoms with Gasteiger partial charge in [0, 0.05) is 0 Å². The number of carboxylic acid groups (broad SMARTS) is 1. The van der Waals surface area contributed by atoms with E-state index in [-0.39, 0.29) is 0 Å². The van der Waals surface area contributed by atoms with E-state index in [1.54, 1.807) is 0 Å². The third-order valence-corrected chi connectivity index (χ3v) is 3.65. The molecule has 0 spiro atoms. The second kappa shape index (κ2) is 6.24. The highest BCUT2D eigenvalue weighted by molar-refractivity contribution is 5.79. The Morgan fingerprint density at radius 2 is 2.25 bits per heavy atom. The normalized spacial score (nSPS) is 30.2. The van der Waals surface area contributed by atoms with Crippen LogP contribution in [-0.4, -0.2) is 23.2 Å². The monoisotopic (exact) mass is 227 g/mol. The molecule has 0 amide bonds. The van der Waals surface area contributed by atoms with Gasteiger partial charge in [-0.2, -0.15) is 0 Å². The Balaban J connectivity index is 2.48. The zero-order valence-electron chi connectivity index (χ0n) is 10.6. The number of carbonyl (C=O) groups is 1. The molecule has 2 N–H and O–H groups in total. The quantitative estimate of drug-likeness (QED) is 0.686. The molecule has 0 aromatic rings. The molecule has 1 saturated carbocycles. The number of hydrogen-bond acceptors (Lipinski definition) is 2. The van der Waals surface area contributed by atoms with E-state index in [1.165, 1.54) is 19.3 Å². The van der Waals surface area contributed by atoms with E-state index in [1.807, 2.05) is 0 Å². The Morgan fingerprint density at radius 1 is 1.50 bits per heavy atom. The molecule has 94 valence electrons. The highest BCUT2D eigenvalue weighted by Crippen LogP contribution is 2.32. The zero-order chi connectivity index (χ0) is 12.0. The van der Waals surface area contributed by atoms with Crippen LogP contribution in [-0.2, 0) is 4.79 Å². The molecule has 2 unspecified atom stereocenters. The van der Waals surface area contributed by atoms with Crippen molar-refractivity contribution in [1.29, 1.82) is 0 Å². The third kappa shape index (κ3) is 3.48. The summed E-state index contributed by atoms with van der Waals surface area (Å²) in [6.45, 7) is 5.16. The molecule has 0 aliphatic heterocycles. The van der Waals surface area contributed by atoms with Crippen LogP contribution in [0.3, 0.4) is 0 Å². The number of rotatable bonds is 6. The van der Waals surface area contributed by atoms with Crippen LogP contribution in [0, 0.1) is 5.92 Å². The van der Waals surface area contributed by atoms with Crippen molar-refractivity contribution in [1.82, 2.24) is 5.32 Å². The molecule has 1 fully saturated rings. The van der Waals surface area contributed by atoms with Gasteiger partial charge in [-0.25, -0.2) is 0 Å². The van der Waals surface area contributed by atoms with Crippen LogP contribution in [0.5, 0.6) is 0 Å². The minimum Gasteiger partial charge on any atom is -0.480 e. The number of carboxylic acids is 1. The molecule has 2 atom stereocenters. The van der Waals surface area contributed by atoms with Crippen molar-refractivity contribution in [2.24, 2.45) is 5.92 Å². The lowest BCUT2D eigenvalue weighted by atomic mass is 9.76. The SMILES string of the molecule is CCCCCNC1(C(=O)O)CCCC(C)C1. The Kier molecular flexibility index (Phi) is 5.26. The summed E-state index contributed by atoms with van der Waals surface area (Å²) in [5.74, 6) is -0.126. The first-order valence-electron chi connectivity index (χ1n) is 6.59. The van der Waals surface area contributed by atoms with E-state index >= 15 is 0 Å². The van der Waals surface area contributed by atoms with Gasteiger partial charge in [-0.15, -0.1) is 0 Å². The number of aliphatic carboxylic acids is 1. The lowest BCUT2D eigenvalue weighted by Gasteiger charge is -2.37. The molecule has 0 aromatic heterocycles. The molecule has 0 heterocycles. The molecule has 3 nitrogen and oxygen atoms in total. The van der Waals surface area contributed by atoms with Crippen molar-refractivity contribution in [3.63, 3.8) is 0 Å². The van der Waals surface area contributed by atoms with E-state index in [9.17, 15) is 9.90 Å². The van der Waals surface area contributed by atoms with Crippen LogP contribution in [0.2, 0.25) is 0 Å². The Bertz CT molecular complexity index is 230.